The molecule has 1 aromatic carbocycles. The minimum Gasteiger partial charge on any atom is -0.340 e. The number of nitrogens with zero attached hydrogens (tertiary/aromatic N) is 3. The Morgan fingerprint density at radius 1 is 1.35 bits per heavy atom. The second-order valence-corrected chi connectivity index (χ2v) is 5.78. The Morgan fingerprint density at radius 2 is 2.05 bits per heavy atom. The number of piperazine rings is 1. The van der Waals surface area contributed by atoms with E-state index in [9.17, 15) is 4.79 Å². The Hall–Kier alpha value is -1.38. The summed E-state index contributed by atoms with van der Waals surface area (Å²) in [6, 6.07) is 7.83. The molecular formula is C15H18BrN3O. The van der Waals surface area contributed by atoms with Gasteiger partial charge in [0, 0.05) is 43.6 Å². The van der Waals surface area contributed by atoms with Crippen molar-refractivity contribution >= 4 is 21.8 Å². The normalized spacial score (nSPS) is 15.9. The van der Waals surface area contributed by atoms with Crippen molar-refractivity contribution in [1.29, 1.82) is 5.26 Å². The number of hydrogen-bond donors (Lipinski definition) is 0. The van der Waals surface area contributed by atoms with Gasteiger partial charge in [-0.05, 0) is 17.7 Å². The van der Waals surface area contributed by atoms with Crippen molar-refractivity contribution in [2.24, 2.45) is 0 Å². The fourth-order valence-corrected chi connectivity index (χ4v) is 2.87. The van der Waals surface area contributed by atoms with Crippen molar-refractivity contribution in [3.8, 4) is 6.07 Å². The van der Waals surface area contributed by atoms with E-state index in [1.165, 1.54) is 5.56 Å². The summed E-state index contributed by atoms with van der Waals surface area (Å²) in [7, 11) is 0. The Bertz CT molecular complexity index is 530. The molecule has 0 spiro atoms. The van der Waals surface area contributed by atoms with Crippen molar-refractivity contribution in [3.05, 3.63) is 33.8 Å². The zero-order valence-corrected chi connectivity index (χ0v) is 13.2. The lowest BCUT2D eigenvalue weighted by Crippen LogP contribution is -2.48. The van der Waals surface area contributed by atoms with E-state index in [2.05, 4.69) is 26.9 Å². The van der Waals surface area contributed by atoms with E-state index >= 15 is 0 Å². The van der Waals surface area contributed by atoms with Crippen LogP contribution in [0.4, 0.5) is 0 Å². The third-order valence-corrected chi connectivity index (χ3v) is 4.34. The summed E-state index contributed by atoms with van der Waals surface area (Å²) >= 11 is 3.52. The van der Waals surface area contributed by atoms with Crippen LogP contribution in [0.2, 0.25) is 0 Å². The summed E-state index contributed by atoms with van der Waals surface area (Å²) < 4.78 is 0.976. The largest absolute Gasteiger partial charge is 0.340 e. The number of carbonyl (C=O) groups is 1. The van der Waals surface area contributed by atoms with E-state index in [0.29, 0.717) is 12.0 Å². The van der Waals surface area contributed by atoms with Gasteiger partial charge in [-0.25, -0.2) is 0 Å². The molecule has 2 rings (SSSR count). The Morgan fingerprint density at radius 3 is 2.60 bits per heavy atom. The van der Waals surface area contributed by atoms with Crippen LogP contribution in [0.1, 0.15) is 24.5 Å². The van der Waals surface area contributed by atoms with Gasteiger partial charge in [0.15, 0.2) is 0 Å². The summed E-state index contributed by atoms with van der Waals surface area (Å²) in [4.78, 5) is 15.9. The van der Waals surface area contributed by atoms with Gasteiger partial charge >= 0.3 is 0 Å². The Balaban J connectivity index is 1.93. The fraction of sp³-hybridized carbons (Fsp3) is 0.467. The Labute approximate surface area is 128 Å². The van der Waals surface area contributed by atoms with Gasteiger partial charge in [-0.15, -0.1) is 0 Å². The summed E-state index contributed by atoms with van der Waals surface area (Å²) in [5.74, 6) is 0.240. The Kier molecular flexibility index (Phi) is 5.16. The second kappa shape index (κ2) is 6.87. The van der Waals surface area contributed by atoms with Gasteiger partial charge in [0.2, 0.25) is 5.91 Å². The molecule has 20 heavy (non-hydrogen) atoms. The summed E-state index contributed by atoms with van der Waals surface area (Å²) in [5, 5.41) is 8.86. The zero-order valence-electron chi connectivity index (χ0n) is 11.6. The molecule has 1 fully saturated rings. The molecule has 0 aliphatic carbocycles. The van der Waals surface area contributed by atoms with E-state index in [1.807, 2.05) is 30.0 Å². The van der Waals surface area contributed by atoms with E-state index in [0.717, 1.165) is 37.2 Å². The van der Waals surface area contributed by atoms with E-state index in [1.54, 1.807) is 0 Å². The number of halogens is 1. The minimum absolute atomic E-state index is 0.240. The van der Waals surface area contributed by atoms with Crippen LogP contribution in [0.15, 0.2) is 22.7 Å². The number of nitriles is 1. The molecule has 1 amide bonds. The first-order valence-electron chi connectivity index (χ1n) is 6.82. The maximum Gasteiger partial charge on any atom is 0.222 e. The van der Waals surface area contributed by atoms with Crippen molar-refractivity contribution in [1.82, 2.24) is 9.80 Å². The van der Waals surface area contributed by atoms with Gasteiger partial charge in [-0.2, -0.15) is 5.26 Å². The maximum absolute atomic E-state index is 11.6. The molecule has 1 heterocycles. The van der Waals surface area contributed by atoms with Crippen molar-refractivity contribution in [3.63, 3.8) is 0 Å². The van der Waals surface area contributed by atoms with Crippen molar-refractivity contribution < 1.29 is 4.79 Å². The van der Waals surface area contributed by atoms with Gasteiger partial charge in [0.05, 0.1) is 11.6 Å². The molecule has 0 aromatic heterocycles. The third-order valence-electron chi connectivity index (χ3n) is 3.60. The molecule has 1 aliphatic heterocycles. The number of amides is 1. The highest BCUT2D eigenvalue weighted by Crippen LogP contribution is 2.20. The first kappa shape index (κ1) is 15.0. The average molecular weight is 336 g/mol. The quantitative estimate of drug-likeness (QED) is 0.851. The highest BCUT2D eigenvalue weighted by Gasteiger charge is 2.20. The average Bonchev–Trinajstić information content (AvgIpc) is 2.49. The van der Waals surface area contributed by atoms with Gasteiger partial charge in [-0.3, -0.25) is 9.69 Å². The first-order valence-corrected chi connectivity index (χ1v) is 7.62. The minimum atomic E-state index is 0.240. The molecule has 1 saturated heterocycles. The van der Waals surface area contributed by atoms with Gasteiger partial charge in [0.1, 0.15) is 0 Å². The summed E-state index contributed by atoms with van der Waals surface area (Å²) in [6.45, 7) is 6.17. The van der Waals surface area contributed by atoms with Crippen LogP contribution >= 0.6 is 15.9 Å². The lowest BCUT2D eigenvalue weighted by atomic mass is 10.1. The predicted octanol–water partition coefficient (Wildman–Crippen LogP) is 2.37. The molecule has 0 saturated carbocycles. The molecule has 0 atom stereocenters. The monoisotopic (exact) mass is 335 g/mol. The summed E-state index contributed by atoms with van der Waals surface area (Å²) in [6.07, 6.45) is 0.584. The lowest BCUT2D eigenvalue weighted by molar-refractivity contribution is -0.132. The van der Waals surface area contributed by atoms with Crippen molar-refractivity contribution in [2.75, 3.05) is 26.2 Å². The zero-order chi connectivity index (χ0) is 14.5. The molecule has 5 heteroatoms. The maximum atomic E-state index is 11.6. The number of hydrogen-bond acceptors (Lipinski definition) is 3. The molecule has 4 nitrogen and oxygen atoms in total. The number of rotatable bonds is 3. The molecule has 0 N–H and O–H groups in total. The van der Waals surface area contributed by atoms with Crippen molar-refractivity contribution in [2.45, 2.75) is 19.9 Å². The van der Waals surface area contributed by atoms with Crippen LogP contribution in [0.25, 0.3) is 0 Å². The standard InChI is InChI=1S/C15H18BrN3O/c1-2-15(20)19-7-5-18(6-8-19)11-13-4-3-12(10-17)9-14(13)16/h3-4,9H,2,5-8,11H2,1H3. The third kappa shape index (κ3) is 3.59. The molecule has 0 bridgehead atoms. The van der Waals surface area contributed by atoms with E-state index in [4.69, 9.17) is 5.26 Å². The van der Waals surface area contributed by atoms with Crippen LogP contribution in [-0.2, 0) is 11.3 Å². The van der Waals surface area contributed by atoms with E-state index < -0.39 is 0 Å². The van der Waals surface area contributed by atoms with Crippen LogP contribution < -0.4 is 0 Å². The molecule has 1 aliphatic rings. The number of benzene rings is 1. The molecule has 1 aromatic rings. The van der Waals surface area contributed by atoms with E-state index in [-0.39, 0.29) is 5.91 Å². The van der Waals surface area contributed by atoms with Gasteiger partial charge < -0.3 is 4.90 Å². The van der Waals surface area contributed by atoms with Crippen LogP contribution in [0, 0.1) is 11.3 Å². The van der Waals surface area contributed by atoms with Gasteiger partial charge in [0.25, 0.3) is 0 Å². The lowest BCUT2D eigenvalue weighted by Gasteiger charge is -2.34. The molecular weight excluding hydrogens is 318 g/mol. The molecule has 106 valence electrons. The number of carbonyl (C=O) groups excluding carboxylic acids is 1. The highest BCUT2D eigenvalue weighted by molar-refractivity contribution is 9.10. The smallest absolute Gasteiger partial charge is 0.222 e. The second-order valence-electron chi connectivity index (χ2n) is 4.93. The van der Waals surface area contributed by atoms with Crippen LogP contribution in [0.5, 0.6) is 0 Å². The fourth-order valence-electron chi connectivity index (χ4n) is 2.36. The van der Waals surface area contributed by atoms with Gasteiger partial charge in [-0.1, -0.05) is 28.9 Å². The topological polar surface area (TPSA) is 47.3 Å². The highest BCUT2D eigenvalue weighted by atomic mass is 79.9. The predicted molar refractivity (Wildman–Crippen MR) is 81.0 cm³/mol. The SMILES string of the molecule is CCC(=O)N1CCN(Cc2ccc(C#N)cc2Br)CC1. The van der Waals surface area contributed by atoms with Crippen LogP contribution in [0.3, 0.4) is 0 Å². The molecule has 0 unspecified atom stereocenters. The van der Waals surface area contributed by atoms with Crippen LogP contribution in [-0.4, -0.2) is 41.9 Å². The first-order chi connectivity index (χ1) is 9.63. The summed E-state index contributed by atoms with van der Waals surface area (Å²) in [5.41, 5.74) is 1.85. The molecule has 0 radical (unpaired) electrons.